The number of rotatable bonds is 4. The van der Waals surface area contributed by atoms with Gasteiger partial charge >= 0.3 is 6.03 Å². The van der Waals surface area contributed by atoms with Gasteiger partial charge in [-0.1, -0.05) is 11.6 Å². The number of hydrogen-bond donors (Lipinski definition) is 3. The van der Waals surface area contributed by atoms with Crippen molar-refractivity contribution in [2.45, 2.75) is 19.9 Å². The number of amides is 3. The summed E-state index contributed by atoms with van der Waals surface area (Å²) in [5.41, 5.74) is 0.811. The van der Waals surface area contributed by atoms with Crippen LogP contribution in [0.5, 0.6) is 0 Å². The number of nitriles is 1. The molecule has 1 aromatic carbocycles. The first-order valence-electron chi connectivity index (χ1n) is 6.02. The zero-order valence-corrected chi connectivity index (χ0v) is 11.9. The molecule has 0 aliphatic carbocycles. The van der Waals surface area contributed by atoms with Gasteiger partial charge in [-0.25, -0.2) is 4.79 Å². The Morgan fingerprint density at radius 2 is 2.15 bits per heavy atom. The van der Waals surface area contributed by atoms with E-state index in [-0.39, 0.29) is 0 Å². The van der Waals surface area contributed by atoms with E-state index in [1.807, 2.05) is 6.07 Å². The molecular formula is C13H15ClN4O2. The highest BCUT2D eigenvalue weighted by molar-refractivity contribution is 6.30. The van der Waals surface area contributed by atoms with Crippen LogP contribution in [-0.4, -0.2) is 24.5 Å². The third-order valence-electron chi connectivity index (χ3n) is 2.44. The molecule has 0 saturated carbocycles. The number of imide groups is 1. The molecule has 1 aromatic rings. The Balaban J connectivity index is 2.73. The molecule has 1 atom stereocenters. The van der Waals surface area contributed by atoms with Crippen LogP contribution in [0.3, 0.4) is 0 Å². The Morgan fingerprint density at radius 1 is 1.45 bits per heavy atom. The molecule has 7 heteroatoms. The number of benzene rings is 1. The third-order valence-corrected chi connectivity index (χ3v) is 2.68. The highest BCUT2D eigenvalue weighted by atomic mass is 35.5. The lowest BCUT2D eigenvalue weighted by molar-refractivity contribution is -0.120. The van der Waals surface area contributed by atoms with Gasteiger partial charge in [0.2, 0.25) is 5.91 Å². The first-order chi connectivity index (χ1) is 9.47. The minimum atomic E-state index is -0.692. The lowest BCUT2D eigenvalue weighted by Gasteiger charge is -2.16. The van der Waals surface area contributed by atoms with E-state index in [1.54, 1.807) is 32.0 Å². The summed E-state index contributed by atoms with van der Waals surface area (Å²) in [5, 5.41) is 16.9. The zero-order chi connectivity index (χ0) is 15.1. The number of carbonyl (C=O) groups excluding carboxylic acids is 2. The molecule has 0 bridgehead atoms. The van der Waals surface area contributed by atoms with Crippen LogP contribution in [0.4, 0.5) is 10.5 Å². The molecule has 3 amide bonds. The van der Waals surface area contributed by atoms with Gasteiger partial charge in [-0.15, -0.1) is 0 Å². The largest absolute Gasteiger partial charge is 0.373 e. The SMILES string of the molecule is CCNC(=O)NC(=O)C(C)Nc1cc(Cl)ccc1C#N. The summed E-state index contributed by atoms with van der Waals surface area (Å²) in [6.07, 6.45) is 0. The van der Waals surface area contributed by atoms with Gasteiger partial charge < -0.3 is 10.6 Å². The van der Waals surface area contributed by atoms with Crippen LogP contribution in [0.1, 0.15) is 19.4 Å². The van der Waals surface area contributed by atoms with Crippen molar-refractivity contribution < 1.29 is 9.59 Å². The van der Waals surface area contributed by atoms with E-state index in [0.717, 1.165) is 0 Å². The summed E-state index contributed by atoms with van der Waals surface area (Å²) >= 11 is 5.85. The average molecular weight is 295 g/mol. The minimum absolute atomic E-state index is 0.368. The van der Waals surface area contributed by atoms with Crippen molar-refractivity contribution in [1.29, 1.82) is 5.26 Å². The normalized spacial score (nSPS) is 11.1. The molecule has 0 fully saturated rings. The Labute approximate surface area is 122 Å². The highest BCUT2D eigenvalue weighted by Crippen LogP contribution is 2.21. The van der Waals surface area contributed by atoms with E-state index in [1.165, 1.54) is 0 Å². The number of hydrogen-bond acceptors (Lipinski definition) is 4. The lowest BCUT2D eigenvalue weighted by atomic mass is 10.1. The number of urea groups is 1. The fourth-order valence-electron chi connectivity index (χ4n) is 1.46. The molecule has 0 spiro atoms. The topological polar surface area (TPSA) is 94.0 Å². The molecule has 106 valence electrons. The average Bonchev–Trinajstić information content (AvgIpc) is 2.39. The second-order valence-corrected chi connectivity index (χ2v) is 4.45. The summed E-state index contributed by atoms with van der Waals surface area (Å²) < 4.78 is 0. The standard InChI is InChI=1S/C13H15ClN4O2/c1-3-16-13(20)18-12(19)8(2)17-11-6-10(14)5-4-9(11)7-15/h4-6,8,17H,3H2,1-2H3,(H2,16,18,19,20). The summed E-state index contributed by atoms with van der Waals surface area (Å²) in [5.74, 6) is -0.500. The molecule has 0 radical (unpaired) electrons. The van der Waals surface area contributed by atoms with Gasteiger partial charge in [0.05, 0.1) is 11.3 Å². The van der Waals surface area contributed by atoms with Gasteiger partial charge in [0.1, 0.15) is 12.1 Å². The predicted molar refractivity (Wildman–Crippen MR) is 76.5 cm³/mol. The molecule has 1 unspecified atom stereocenters. The fourth-order valence-corrected chi connectivity index (χ4v) is 1.63. The van der Waals surface area contributed by atoms with Gasteiger partial charge in [0, 0.05) is 11.6 Å². The van der Waals surface area contributed by atoms with Crippen LogP contribution in [0.15, 0.2) is 18.2 Å². The Hall–Kier alpha value is -2.26. The van der Waals surface area contributed by atoms with Gasteiger partial charge in [-0.05, 0) is 32.0 Å². The van der Waals surface area contributed by atoms with Gasteiger partial charge in [0.15, 0.2) is 0 Å². The van der Waals surface area contributed by atoms with Crippen LogP contribution in [0.25, 0.3) is 0 Å². The fraction of sp³-hybridized carbons (Fsp3) is 0.308. The maximum absolute atomic E-state index is 11.8. The molecule has 6 nitrogen and oxygen atoms in total. The van der Waals surface area contributed by atoms with Crippen molar-refractivity contribution >= 4 is 29.2 Å². The molecule has 0 heterocycles. The lowest BCUT2D eigenvalue weighted by Crippen LogP contribution is -2.45. The van der Waals surface area contributed by atoms with E-state index < -0.39 is 18.0 Å². The smallest absolute Gasteiger partial charge is 0.321 e. The molecule has 0 aliphatic heterocycles. The number of anilines is 1. The molecule has 0 aromatic heterocycles. The van der Waals surface area contributed by atoms with Crippen LogP contribution >= 0.6 is 11.6 Å². The van der Waals surface area contributed by atoms with Crippen molar-refractivity contribution in [1.82, 2.24) is 10.6 Å². The maximum atomic E-state index is 11.8. The predicted octanol–water partition coefficient (Wildman–Crippen LogP) is 1.86. The molecule has 0 saturated heterocycles. The maximum Gasteiger partial charge on any atom is 0.321 e. The van der Waals surface area contributed by atoms with Crippen molar-refractivity contribution in [3.05, 3.63) is 28.8 Å². The Morgan fingerprint density at radius 3 is 2.75 bits per heavy atom. The highest BCUT2D eigenvalue weighted by Gasteiger charge is 2.16. The van der Waals surface area contributed by atoms with E-state index in [9.17, 15) is 9.59 Å². The Kier molecular flexibility index (Phi) is 5.81. The van der Waals surface area contributed by atoms with Crippen LogP contribution in [0.2, 0.25) is 5.02 Å². The first-order valence-corrected chi connectivity index (χ1v) is 6.40. The summed E-state index contributed by atoms with van der Waals surface area (Å²) in [4.78, 5) is 23.0. The summed E-state index contributed by atoms with van der Waals surface area (Å²) in [6.45, 7) is 3.75. The summed E-state index contributed by atoms with van der Waals surface area (Å²) in [7, 11) is 0. The summed E-state index contributed by atoms with van der Waals surface area (Å²) in [6, 6.07) is 5.44. The quantitative estimate of drug-likeness (QED) is 0.790. The molecule has 3 N–H and O–H groups in total. The molecule has 1 rings (SSSR count). The van der Waals surface area contributed by atoms with E-state index in [4.69, 9.17) is 16.9 Å². The van der Waals surface area contributed by atoms with Crippen LogP contribution < -0.4 is 16.0 Å². The minimum Gasteiger partial charge on any atom is -0.373 e. The molecule has 20 heavy (non-hydrogen) atoms. The molecule has 0 aliphatic rings. The third kappa shape index (κ3) is 4.44. The second kappa shape index (κ2) is 7.36. The van der Waals surface area contributed by atoms with Crippen LogP contribution in [-0.2, 0) is 4.79 Å². The monoisotopic (exact) mass is 294 g/mol. The second-order valence-electron chi connectivity index (χ2n) is 4.02. The van der Waals surface area contributed by atoms with E-state index in [2.05, 4.69) is 16.0 Å². The number of nitrogens with zero attached hydrogens (tertiary/aromatic N) is 1. The van der Waals surface area contributed by atoms with E-state index in [0.29, 0.717) is 22.8 Å². The van der Waals surface area contributed by atoms with Crippen LogP contribution in [0, 0.1) is 11.3 Å². The van der Waals surface area contributed by atoms with Crippen molar-refractivity contribution in [3.8, 4) is 6.07 Å². The van der Waals surface area contributed by atoms with Gasteiger partial charge in [-0.2, -0.15) is 5.26 Å². The van der Waals surface area contributed by atoms with Crippen molar-refractivity contribution in [3.63, 3.8) is 0 Å². The molecular weight excluding hydrogens is 280 g/mol. The Bertz CT molecular complexity index is 554. The van der Waals surface area contributed by atoms with E-state index >= 15 is 0 Å². The van der Waals surface area contributed by atoms with Gasteiger partial charge in [-0.3, -0.25) is 10.1 Å². The van der Waals surface area contributed by atoms with Crippen molar-refractivity contribution in [2.75, 3.05) is 11.9 Å². The number of carbonyl (C=O) groups is 2. The zero-order valence-electron chi connectivity index (χ0n) is 11.2. The first kappa shape index (κ1) is 15.8. The van der Waals surface area contributed by atoms with Crippen molar-refractivity contribution in [2.24, 2.45) is 0 Å². The number of nitrogens with one attached hydrogen (secondary N) is 3. The van der Waals surface area contributed by atoms with Gasteiger partial charge in [0.25, 0.3) is 0 Å². The number of halogens is 1.